The van der Waals surface area contributed by atoms with Crippen molar-refractivity contribution < 1.29 is 9.53 Å². The van der Waals surface area contributed by atoms with Crippen LogP contribution in [0.25, 0.3) is 0 Å². The summed E-state index contributed by atoms with van der Waals surface area (Å²) in [5, 5.41) is 6.81. The Morgan fingerprint density at radius 2 is 2.03 bits per heavy atom. The molecule has 1 aromatic rings. The molecule has 1 unspecified atom stereocenters. The molecule has 162 valence electrons. The van der Waals surface area contributed by atoms with Crippen LogP contribution < -0.4 is 15.4 Å². The van der Waals surface area contributed by atoms with Crippen molar-refractivity contribution in [2.75, 3.05) is 32.8 Å². The Morgan fingerprint density at radius 1 is 1.28 bits per heavy atom. The molecule has 1 aliphatic heterocycles. The summed E-state index contributed by atoms with van der Waals surface area (Å²) < 4.78 is 5.72. The number of unbranched alkanes of at least 4 members (excludes halogenated alkanes) is 1. The first-order valence-corrected chi connectivity index (χ1v) is 11.1. The van der Waals surface area contributed by atoms with Crippen LogP contribution >= 0.6 is 0 Å². The number of benzene rings is 1. The number of rotatable bonds is 10. The SMILES string of the molecule is CCCCOc1ccc(CCN=C(NCC)NC2CCN(C(=O)C(C)C)C2)cc1. The molecule has 29 heavy (non-hydrogen) atoms. The molecule has 1 aromatic carbocycles. The summed E-state index contributed by atoms with van der Waals surface area (Å²) in [7, 11) is 0. The zero-order chi connectivity index (χ0) is 21.1. The number of hydrogen-bond donors (Lipinski definition) is 2. The molecule has 1 amide bonds. The summed E-state index contributed by atoms with van der Waals surface area (Å²) in [6, 6.07) is 8.57. The van der Waals surface area contributed by atoms with Crippen molar-refractivity contribution in [3.8, 4) is 5.75 Å². The minimum absolute atomic E-state index is 0.0547. The van der Waals surface area contributed by atoms with E-state index in [9.17, 15) is 4.79 Å². The van der Waals surface area contributed by atoms with Crippen molar-refractivity contribution in [2.24, 2.45) is 10.9 Å². The second kappa shape index (κ2) is 12.3. The predicted octanol–water partition coefficient (Wildman–Crippen LogP) is 3.22. The fourth-order valence-electron chi connectivity index (χ4n) is 3.34. The Kier molecular flexibility index (Phi) is 9.81. The van der Waals surface area contributed by atoms with E-state index in [1.165, 1.54) is 5.56 Å². The lowest BCUT2D eigenvalue weighted by atomic mass is 10.1. The van der Waals surface area contributed by atoms with Gasteiger partial charge < -0.3 is 20.3 Å². The second-order valence-corrected chi connectivity index (χ2v) is 7.93. The zero-order valence-corrected chi connectivity index (χ0v) is 18.5. The average Bonchev–Trinajstić information content (AvgIpc) is 3.17. The summed E-state index contributed by atoms with van der Waals surface area (Å²) in [5.41, 5.74) is 1.25. The van der Waals surface area contributed by atoms with Crippen LogP contribution in [-0.4, -0.2) is 55.6 Å². The van der Waals surface area contributed by atoms with Crippen LogP contribution in [0.4, 0.5) is 0 Å². The molecular formula is C23H38N4O2. The number of likely N-dealkylation sites (tertiary alicyclic amines) is 1. The maximum absolute atomic E-state index is 12.2. The fourth-order valence-corrected chi connectivity index (χ4v) is 3.34. The third-order valence-corrected chi connectivity index (χ3v) is 5.04. The Morgan fingerprint density at radius 3 is 2.69 bits per heavy atom. The molecule has 1 fully saturated rings. The van der Waals surface area contributed by atoms with Gasteiger partial charge in [0.15, 0.2) is 5.96 Å². The van der Waals surface area contributed by atoms with Gasteiger partial charge in [-0.15, -0.1) is 0 Å². The van der Waals surface area contributed by atoms with E-state index >= 15 is 0 Å². The van der Waals surface area contributed by atoms with Gasteiger partial charge >= 0.3 is 0 Å². The number of nitrogens with one attached hydrogen (secondary N) is 2. The topological polar surface area (TPSA) is 66.0 Å². The quantitative estimate of drug-likeness (QED) is 0.358. The van der Waals surface area contributed by atoms with Crippen LogP contribution in [0.5, 0.6) is 5.75 Å². The van der Waals surface area contributed by atoms with Crippen LogP contribution in [0.15, 0.2) is 29.3 Å². The van der Waals surface area contributed by atoms with Gasteiger partial charge in [0.05, 0.1) is 6.61 Å². The first kappa shape index (κ1) is 23.0. The number of hydrogen-bond acceptors (Lipinski definition) is 3. The van der Waals surface area contributed by atoms with Crippen molar-refractivity contribution in [1.29, 1.82) is 0 Å². The molecule has 6 nitrogen and oxygen atoms in total. The normalized spacial score (nSPS) is 16.9. The smallest absolute Gasteiger partial charge is 0.225 e. The summed E-state index contributed by atoms with van der Waals surface area (Å²) in [5.74, 6) is 2.05. The maximum atomic E-state index is 12.2. The van der Waals surface area contributed by atoms with E-state index in [-0.39, 0.29) is 17.9 Å². The van der Waals surface area contributed by atoms with Crippen molar-refractivity contribution in [1.82, 2.24) is 15.5 Å². The van der Waals surface area contributed by atoms with Crippen LogP contribution in [0.3, 0.4) is 0 Å². The Labute approximate surface area is 176 Å². The first-order chi connectivity index (χ1) is 14.0. The van der Waals surface area contributed by atoms with Crippen molar-refractivity contribution in [3.05, 3.63) is 29.8 Å². The summed E-state index contributed by atoms with van der Waals surface area (Å²) in [6.45, 7) is 12.0. The second-order valence-electron chi connectivity index (χ2n) is 7.93. The minimum atomic E-state index is 0.0547. The number of nitrogens with zero attached hydrogens (tertiary/aromatic N) is 2. The minimum Gasteiger partial charge on any atom is -0.494 e. The molecule has 1 aliphatic rings. The molecule has 6 heteroatoms. The standard InChI is InChI=1S/C23H38N4O2/c1-5-7-16-29-21-10-8-19(9-11-21)12-14-25-23(24-6-2)26-20-13-15-27(17-20)22(28)18(3)4/h8-11,18,20H,5-7,12-17H2,1-4H3,(H2,24,25,26). The molecular weight excluding hydrogens is 364 g/mol. The summed E-state index contributed by atoms with van der Waals surface area (Å²) >= 11 is 0. The Hall–Kier alpha value is -2.24. The van der Waals surface area contributed by atoms with Crippen molar-refractivity contribution >= 4 is 11.9 Å². The number of aliphatic imine (C=N–C) groups is 1. The predicted molar refractivity (Wildman–Crippen MR) is 119 cm³/mol. The van der Waals surface area contributed by atoms with E-state index in [0.29, 0.717) is 6.54 Å². The van der Waals surface area contributed by atoms with E-state index < -0.39 is 0 Å². The highest BCUT2D eigenvalue weighted by Gasteiger charge is 2.27. The number of ether oxygens (including phenoxy) is 1. The van der Waals surface area contributed by atoms with Crippen LogP contribution in [0.1, 0.15) is 52.5 Å². The van der Waals surface area contributed by atoms with E-state index in [0.717, 1.165) is 63.6 Å². The zero-order valence-electron chi connectivity index (χ0n) is 18.5. The van der Waals surface area contributed by atoms with Gasteiger partial charge in [-0.05, 0) is 43.9 Å². The van der Waals surface area contributed by atoms with Crippen molar-refractivity contribution in [2.45, 2.75) is 59.4 Å². The van der Waals surface area contributed by atoms with Gasteiger partial charge in [-0.3, -0.25) is 9.79 Å². The van der Waals surface area contributed by atoms with Crippen LogP contribution in [0, 0.1) is 5.92 Å². The van der Waals surface area contributed by atoms with E-state index in [1.807, 2.05) is 30.9 Å². The third-order valence-electron chi connectivity index (χ3n) is 5.04. The number of carbonyl (C=O) groups is 1. The molecule has 1 saturated heterocycles. The summed E-state index contributed by atoms with van der Waals surface area (Å²) in [6.07, 6.45) is 4.07. The number of carbonyl (C=O) groups excluding carboxylic acids is 1. The molecule has 0 saturated carbocycles. The molecule has 1 atom stereocenters. The molecule has 0 radical (unpaired) electrons. The van der Waals surface area contributed by atoms with Gasteiger partial charge in [0.25, 0.3) is 0 Å². The highest BCUT2D eigenvalue weighted by atomic mass is 16.5. The van der Waals surface area contributed by atoms with Gasteiger partial charge in [-0.2, -0.15) is 0 Å². The van der Waals surface area contributed by atoms with Gasteiger partial charge in [0.2, 0.25) is 5.91 Å². The van der Waals surface area contributed by atoms with Gasteiger partial charge in [-0.25, -0.2) is 0 Å². The van der Waals surface area contributed by atoms with Crippen LogP contribution in [-0.2, 0) is 11.2 Å². The number of amides is 1. The lowest BCUT2D eigenvalue weighted by Crippen LogP contribution is -2.45. The maximum Gasteiger partial charge on any atom is 0.225 e. The lowest BCUT2D eigenvalue weighted by Gasteiger charge is -2.20. The van der Waals surface area contributed by atoms with E-state index in [4.69, 9.17) is 9.73 Å². The van der Waals surface area contributed by atoms with Gasteiger partial charge in [0, 0.05) is 38.1 Å². The van der Waals surface area contributed by atoms with E-state index in [2.05, 4.69) is 36.6 Å². The lowest BCUT2D eigenvalue weighted by molar-refractivity contribution is -0.133. The molecule has 2 rings (SSSR count). The Bertz CT molecular complexity index is 643. The highest BCUT2D eigenvalue weighted by molar-refractivity contribution is 5.81. The van der Waals surface area contributed by atoms with E-state index in [1.54, 1.807) is 0 Å². The van der Waals surface area contributed by atoms with Gasteiger partial charge in [-0.1, -0.05) is 39.3 Å². The molecule has 0 spiro atoms. The largest absolute Gasteiger partial charge is 0.494 e. The molecule has 1 heterocycles. The fraction of sp³-hybridized carbons (Fsp3) is 0.652. The molecule has 0 aliphatic carbocycles. The van der Waals surface area contributed by atoms with Crippen molar-refractivity contribution in [3.63, 3.8) is 0 Å². The van der Waals surface area contributed by atoms with Gasteiger partial charge in [0.1, 0.15) is 5.75 Å². The Balaban J connectivity index is 1.81. The van der Waals surface area contributed by atoms with Crippen LogP contribution in [0.2, 0.25) is 0 Å². The first-order valence-electron chi connectivity index (χ1n) is 11.1. The molecule has 0 bridgehead atoms. The third kappa shape index (κ3) is 7.95. The molecule has 0 aromatic heterocycles. The molecule has 2 N–H and O–H groups in total. The monoisotopic (exact) mass is 402 g/mol. The average molecular weight is 403 g/mol. The summed E-state index contributed by atoms with van der Waals surface area (Å²) in [4.78, 5) is 18.8. The number of guanidine groups is 1. The highest BCUT2D eigenvalue weighted by Crippen LogP contribution is 2.14.